The maximum Gasteiger partial charge on any atom is 0.257 e. The van der Waals surface area contributed by atoms with Gasteiger partial charge in [-0.25, -0.2) is 4.39 Å². The van der Waals surface area contributed by atoms with Gasteiger partial charge in [0.2, 0.25) is 5.91 Å². The molecule has 0 aliphatic carbocycles. The zero-order valence-electron chi connectivity index (χ0n) is 14.0. The predicted molar refractivity (Wildman–Crippen MR) is 90.3 cm³/mol. The van der Waals surface area contributed by atoms with E-state index in [1.165, 1.54) is 12.1 Å². The first kappa shape index (κ1) is 16.9. The lowest BCUT2D eigenvalue weighted by Crippen LogP contribution is -2.49. The van der Waals surface area contributed by atoms with Gasteiger partial charge in [0.25, 0.3) is 5.91 Å². The van der Waals surface area contributed by atoms with E-state index in [0.29, 0.717) is 37.7 Å². The Labute approximate surface area is 141 Å². The normalized spacial score (nSPS) is 24.5. The van der Waals surface area contributed by atoms with Crippen molar-refractivity contribution in [3.8, 4) is 0 Å². The third-order valence-electron chi connectivity index (χ3n) is 5.08. The van der Waals surface area contributed by atoms with E-state index < -0.39 is 5.82 Å². The molecule has 130 valence electrons. The fourth-order valence-electron chi connectivity index (χ4n) is 3.66. The largest absolute Gasteiger partial charge is 0.334 e. The lowest BCUT2D eigenvalue weighted by atomic mass is 9.92. The number of amides is 2. The first-order valence-corrected chi connectivity index (χ1v) is 8.62. The highest BCUT2D eigenvalue weighted by molar-refractivity contribution is 5.99. The van der Waals surface area contributed by atoms with Crippen LogP contribution in [-0.2, 0) is 4.79 Å². The number of benzene rings is 1. The summed E-state index contributed by atoms with van der Waals surface area (Å²) in [6.45, 7) is 3.73. The van der Waals surface area contributed by atoms with Crippen molar-refractivity contribution < 1.29 is 14.0 Å². The highest BCUT2D eigenvalue weighted by Gasteiger charge is 2.31. The van der Waals surface area contributed by atoms with E-state index in [-0.39, 0.29) is 23.4 Å². The summed E-state index contributed by atoms with van der Waals surface area (Å²) in [4.78, 5) is 28.1. The number of piperidine rings is 1. The zero-order valence-corrected chi connectivity index (χ0v) is 14.0. The molecule has 2 aliphatic heterocycles. The summed E-state index contributed by atoms with van der Waals surface area (Å²) in [5.41, 5.74) is 6.44. The maximum absolute atomic E-state index is 14.3. The van der Waals surface area contributed by atoms with Gasteiger partial charge in [-0.1, -0.05) is 6.92 Å². The standard InChI is InChI=1S/C18H24FN3O2/c1-12-6-8-22(14(9-12)11-20)18(24)15-10-13(4-5-16(15)19)21-7-2-3-17(21)23/h4-5,10,12,14H,2-3,6-9,11,20H2,1H3. The van der Waals surface area contributed by atoms with Crippen LogP contribution in [0.3, 0.4) is 0 Å². The van der Waals surface area contributed by atoms with Crippen LogP contribution >= 0.6 is 0 Å². The summed E-state index contributed by atoms with van der Waals surface area (Å²) < 4.78 is 14.3. The zero-order chi connectivity index (χ0) is 17.3. The van der Waals surface area contributed by atoms with Gasteiger partial charge in [0.15, 0.2) is 0 Å². The molecule has 1 aromatic rings. The third kappa shape index (κ3) is 3.15. The molecular formula is C18H24FN3O2. The second-order valence-electron chi connectivity index (χ2n) is 6.83. The van der Waals surface area contributed by atoms with Crippen molar-refractivity contribution in [1.82, 2.24) is 4.90 Å². The fraction of sp³-hybridized carbons (Fsp3) is 0.556. The summed E-state index contributed by atoms with van der Waals surface area (Å²) >= 11 is 0. The van der Waals surface area contributed by atoms with Crippen LogP contribution in [0.5, 0.6) is 0 Å². The van der Waals surface area contributed by atoms with Gasteiger partial charge in [0.1, 0.15) is 5.82 Å². The molecule has 0 aromatic heterocycles. The van der Waals surface area contributed by atoms with Gasteiger partial charge in [-0.3, -0.25) is 9.59 Å². The molecule has 6 heteroatoms. The highest BCUT2D eigenvalue weighted by atomic mass is 19.1. The van der Waals surface area contributed by atoms with Crippen molar-refractivity contribution >= 4 is 17.5 Å². The summed E-state index contributed by atoms with van der Waals surface area (Å²) in [6, 6.07) is 4.29. The van der Waals surface area contributed by atoms with Crippen LogP contribution in [0.25, 0.3) is 0 Å². The minimum Gasteiger partial charge on any atom is -0.334 e. The molecule has 2 saturated heterocycles. The Morgan fingerprint density at radius 1 is 1.38 bits per heavy atom. The third-order valence-corrected chi connectivity index (χ3v) is 5.08. The van der Waals surface area contributed by atoms with E-state index in [0.717, 1.165) is 19.3 Å². The van der Waals surface area contributed by atoms with Gasteiger partial charge in [-0.05, 0) is 43.4 Å². The first-order chi connectivity index (χ1) is 11.5. The molecule has 0 radical (unpaired) electrons. The van der Waals surface area contributed by atoms with Gasteiger partial charge in [0.05, 0.1) is 5.56 Å². The second-order valence-corrected chi connectivity index (χ2v) is 6.83. The van der Waals surface area contributed by atoms with Crippen molar-refractivity contribution in [2.24, 2.45) is 11.7 Å². The van der Waals surface area contributed by atoms with E-state index in [2.05, 4.69) is 6.92 Å². The Morgan fingerprint density at radius 2 is 2.17 bits per heavy atom. The number of carbonyl (C=O) groups excluding carboxylic acids is 2. The average molecular weight is 333 g/mol. The Hall–Kier alpha value is -1.95. The average Bonchev–Trinajstić information content (AvgIpc) is 3.00. The SMILES string of the molecule is CC1CCN(C(=O)c2cc(N3CCCC3=O)ccc2F)C(CN)C1. The number of nitrogens with zero attached hydrogens (tertiary/aromatic N) is 2. The quantitative estimate of drug-likeness (QED) is 0.922. The molecule has 2 atom stereocenters. The van der Waals surface area contributed by atoms with Crippen molar-refractivity contribution in [1.29, 1.82) is 0 Å². The molecular weight excluding hydrogens is 309 g/mol. The van der Waals surface area contributed by atoms with E-state index in [4.69, 9.17) is 5.73 Å². The number of halogens is 1. The fourth-order valence-corrected chi connectivity index (χ4v) is 3.66. The number of carbonyl (C=O) groups is 2. The highest BCUT2D eigenvalue weighted by Crippen LogP contribution is 2.27. The molecule has 2 amide bonds. The van der Waals surface area contributed by atoms with Crippen molar-refractivity contribution in [2.75, 3.05) is 24.5 Å². The lowest BCUT2D eigenvalue weighted by Gasteiger charge is -2.38. The van der Waals surface area contributed by atoms with E-state index in [9.17, 15) is 14.0 Å². The van der Waals surface area contributed by atoms with E-state index >= 15 is 0 Å². The molecule has 3 rings (SSSR count). The lowest BCUT2D eigenvalue weighted by molar-refractivity contribution is -0.117. The number of nitrogens with two attached hydrogens (primary N) is 1. The number of anilines is 1. The molecule has 2 heterocycles. The molecule has 2 aliphatic rings. The van der Waals surface area contributed by atoms with Crippen LogP contribution in [0, 0.1) is 11.7 Å². The van der Waals surface area contributed by atoms with Crippen LogP contribution in [0.15, 0.2) is 18.2 Å². The van der Waals surface area contributed by atoms with Gasteiger partial charge in [-0.2, -0.15) is 0 Å². The molecule has 2 N–H and O–H groups in total. The van der Waals surface area contributed by atoms with E-state index in [1.807, 2.05) is 0 Å². The second kappa shape index (κ2) is 6.89. The first-order valence-electron chi connectivity index (χ1n) is 8.62. The minimum absolute atomic E-state index is 0.0200. The molecule has 5 nitrogen and oxygen atoms in total. The van der Waals surface area contributed by atoms with Crippen molar-refractivity contribution in [2.45, 2.75) is 38.6 Å². The van der Waals surface area contributed by atoms with Crippen LogP contribution in [0.2, 0.25) is 0 Å². The van der Waals surface area contributed by atoms with Crippen LogP contribution in [-0.4, -0.2) is 42.4 Å². The minimum atomic E-state index is -0.551. The molecule has 2 fully saturated rings. The molecule has 1 aromatic carbocycles. The van der Waals surface area contributed by atoms with Gasteiger partial charge < -0.3 is 15.5 Å². The summed E-state index contributed by atoms with van der Waals surface area (Å²) in [6.07, 6.45) is 3.03. The van der Waals surface area contributed by atoms with E-state index in [1.54, 1.807) is 15.9 Å². The van der Waals surface area contributed by atoms with Crippen LogP contribution in [0.1, 0.15) is 43.0 Å². The molecule has 0 bridgehead atoms. The van der Waals surface area contributed by atoms with Crippen LogP contribution < -0.4 is 10.6 Å². The monoisotopic (exact) mass is 333 g/mol. The molecule has 24 heavy (non-hydrogen) atoms. The Bertz CT molecular complexity index is 649. The number of hydrogen-bond donors (Lipinski definition) is 1. The molecule has 0 spiro atoms. The summed E-state index contributed by atoms with van der Waals surface area (Å²) in [5, 5.41) is 0. The molecule has 0 saturated carbocycles. The Kier molecular flexibility index (Phi) is 4.85. The topological polar surface area (TPSA) is 66.6 Å². The number of rotatable bonds is 3. The molecule has 2 unspecified atom stereocenters. The van der Waals surface area contributed by atoms with Gasteiger partial charge in [-0.15, -0.1) is 0 Å². The van der Waals surface area contributed by atoms with Gasteiger partial charge >= 0.3 is 0 Å². The summed E-state index contributed by atoms with van der Waals surface area (Å²) in [5.74, 6) is -0.347. The number of likely N-dealkylation sites (tertiary alicyclic amines) is 1. The number of hydrogen-bond acceptors (Lipinski definition) is 3. The van der Waals surface area contributed by atoms with Crippen molar-refractivity contribution in [3.05, 3.63) is 29.6 Å². The summed E-state index contributed by atoms with van der Waals surface area (Å²) in [7, 11) is 0. The Balaban J connectivity index is 1.87. The predicted octanol–water partition coefficient (Wildman–Crippen LogP) is 2.15. The van der Waals surface area contributed by atoms with Crippen LogP contribution in [0.4, 0.5) is 10.1 Å². The van der Waals surface area contributed by atoms with Crippen molar-refractivity contribution in [3.63, 3.8) is 0 Å². The van der Waals surface area contributed by atoms with Gasteiger partial charge in [0, 0.05) is 37.8 Å². The maximum atomic E-state index is 14.3. The smallest absolute Gasteiger partial charge is 0.257 e. The Morgan fingerprint density at radius 3 is 2.83 bits per heavy atom.